The van der Waals surface area contributed by atoms with Crippen LogP contribution in [0.5, 0.6) is 11.5 Å². The molecule has 0 aliphatic carbocycles. The van der Waals surface area contributed by atoms with Gasteiger partial charge >= 0.3 is 5.97 Å². The zero-order valence-corrected chi connectivity index (χ0v) is 18.3. The molecular formula is C24H16Cl2FNO4. The van der Waals surface area contributed by atoms with E-state index >= 15 is 0 Å². The Labute approximate surface area is 193 Å². The predicted molar refractivity (Wildman–Crippen MR) is 121 cm³/mol. The van der Waals surface area contributed by atoms with Crippen molar-refractivity contribution in [1.29, 1.82) is 0 Å². The second kappa shape index (κ2) is 9.42. The summed E-state index contributed by atoms with van der Waals surface area (Å²) in [7, 11) is 1.51. The first-order valence-electron chi connectivity index (χ1n) is 9.47. The number of benzene rings is 3. The van der Waals surface area contributed by atoms with Gasteiger partial charge in [0.25, 0.3) is 0 Å². The Bertz CT molecular complexity index is 1240. The largest absolute Gasteiger partial charge is 0.493 e. The summed E-state index contributed by atoms with van der Waals surface area (Å²) >= 11 is 12.4. The van der Waals surface area contributed by atoms with E-state index < -0.39 is 11.8 Å². The van der Waals surface area contributed by atoms with Gasteiger partial charge in [0, 0.05) is 21.2 Å². The Morgan fingerprint density at radius 1 is 1.03 bits per heavy atom. The van der Waals surface area contributed by atoms with Crippen LogP contribution in [0.1, 0.15) is 16.7 Å². The highest BCUT2D eigenvalue weighted by Crippen LogP contribution is 2.32. The van der Waals surface area contributed by atoms with Crippen molar-refractivity contribution in [2.24, 2.45) is 4.99 Å². The van der Waals surface area contributed by atoms with E-state index in [1.807, 2.05) is 0 Å². The molecule has 0 atom stereocenters. The molecule has 32 heavy (non-hydrogen) atoms. The number of hydrogen-bond acceptors (Lipinski definition) is 5. The van der Waals surface area contributed by atoms with E-state index in [-0.39, 0.29) is 18.2 Å². The summed E-state index contributed by atoms with van der Waals surface area (Å²) in [6.07, 6.45) is 1.55. The normalized spacial score (nSPS) is 14.3. The topological polar surface area (TPSA) is 57.1 Å². The minimum Gasteiger partial charge on any atom is -0.493 e. The van der Waals surface area contributed by atoms with Crippen molar-refractivity contribution in [3.05, 3.63) is 98.9 Å². The van der Waals surface area contributed by atoms with Crippen LogP contribution >= 0.6 is 23.2 Å². The molecule has 1 aliphatic rings. The number of halogens is 3. The number of cyclic esters (lactones) is 1. The van der Waals surface area contributed by atoms with E-state index in [1.54, 1.807) is 48.5 Å². The van der Waals surface area contributed by atoms with Crippen molar-refractivity contribution < 1.29 is 23.4 Å². The lowest BCUT2D eigenvalue weighted by molar-refractivity contribution is -0.129. The van der Waals surface area contributed by atoms with Gasteiger partial charge in [-0.1, -0.05) is 41.4 Å². The standard InChI is InChI=1S/C24H16Cl2FNO4/c1-30-22-11-14(8-9-21(22)31-13-17-18(25)6-3-7-19(17)26)10-20-24(29)32-23(28-20)15-4-2-5-16(27)12-15/h2-12H,13H2,1H3/b20-10+. The van der Waals surface area contributed by atoms with Crippen molar-refractivity contribution in [3.8, 4) is 11.5 Å². The second-order valence-electron chi connectivity index (χ2n) is 6.75. The van der Waals surface area contributed by atoms with Crippen LogP contribution in [0.25, 0.3) is 6.08 Å². The van der Waals surface area contributed by atoms with Gasteiger partial charge in [-0.15, -0.1) is 0 Å². The minimum absolute atomic E-state index is 0.0456. The number of nitrogens with zero attached hydrogens (tertiary/aromatic N) is 1. The second-order valence-corrected chi connectivity index (χ2v) is 7.56. The first-order chi connectivity index (χ1) is 15.4. The molecule has 1 heterocycles. The van der Waals surface area contributed by atoms with Gasteiger partial charge in [0.05, 0.1) is 7.11 Å². The van der Waals surface area contributed by atoms with E-state index in [0.717, 1.165) is 0 Å². The lowest BCUT2D eigenvalue weighted by atomic mass is 10.1. The zero-order chi connectivity index (χ0) is 22.7. The monoisotopic (exact) mass is 471 g/mol. The summed E-state index contributed by atoms with van der Waals surface area (Å²) in [6, 6.07) is 16.0. The first-order valence-corrected chi connectivity index (χ1v) is 10.2. The molecule has 0 bridgehead atoms. The smallest absolute Gasteiger partial charge is 0.363 e. The Morgan fingerprint density at radius 3 is 2.50 bits per heavy atom. The highest BCUT2D eigenvalue weighted by atomic mass is 35.5. The quantitative estimate of drug-likeness (QED) is 0.323. The van der Waals surface area contributed by atoms with E-state index in [9.17, 15) is 9.18 Å². The fourth-order valence-corrected chi connectivity index (χ4v) is 3.53. The summed E-state index contributed by atoms with van der Waals surface area (Å²) in [5.41, 5.74) is 1.77. The highest BCUT2D eigenvalue weighted by Gasteiger charge is 2.24. The van der Waals surface area contributed by atoms with Crippen molar-refractivity contribution in [3.63, 3.8) is 0 Å². The molecule has 0 saturated carbocycles. The number of rotatable bonds is 6. The molecule has 0 saturated heterocycles. The van der Waals surface area contributed by atoms with Gasteiger partial charge in [-0.3, -0.25) is 0 Å². The van der Waals surface area contributed by atoms with E-state index in [1.165, 1.54) is 25.3 Å². The van der Waals surface area contributed by atoms with Crippen LogP contribution in [0.4, 0.5) is 4.39 Å². The third kappa shape index (κ3) is 4.77. The molecule has 3 aromatic rings. The van der Waals surface area contributed by atoms with Crippen LogP contribution in [-0.2, 0) is 16.1 Å². The van der Waals surface area contributed by atoms with Crippen LogP contribution in [0.2, 0.25) is 10.0 Å². The average molecular weight is 472 g/mol. The molecule has 0 amide bonds. The van der Waals surface area contributed by atoms with Crippen molar-refractivity contribution in [2.45, 2.75) is 6.61 Å². The average Bonchev–Trinajstić information content (AvgIpc) is 3.14. The van der Waals surface area contributed by atoms with Crippen molar-refractivity contribution in [2.75, 3.05) is 7.11 Å². The molecule has 0 radical (unpaired) electrons. The lowest BCUT2D eigenvalue weighted by Crippen LogP contribution is -2.05. The summed E-state index contributed by atoms with van der Waals surface area (Å²) < 4.78 is 29.9. The third-order valence-electron chi connectivity index (χ3n) is 4.62. The van der Waals surface area contributed by atoms with E-state index in [4.69, 9.17) is 37.4 Å². The van der Waals surface area contributed by atoms with Gasteiger partial charge in [0.2, 0.25) is 5.90 Å². The molecule has 0 spiro atoms. The molecule has 5 nitrogen and oxygen atoms in total. The molecule has 4 rings (SSSR count). The number of carbonyl (C=O) groups excluding carboxylic acids is 1. The maximum absolute atomic E-state index is 13.4. The number of ether oxygens (including phenoxy) is 3. The molecular weight excluding hydrogens is 456 g/mol. The van der Waals surface area contributed by atoms with Gasteiger partial charge in [-0.2, -0.15) is 0 Å². The Hall–Kier alpha value is -3.35. The predicted octanol–water partition coefficient (Wildman–Crippen LogP) is 6.06. The molecule has 8 heteroatoms. The molecule has 0 unspecified atom stereocenters. The fraction of sp³-hybridized carbons (Fsp3) is 0.0833. The van der Waals surface area contributed by atoms with Crippen LogP contribution in [0, 0.1) is 5.82 Å². The zero-order valence-electron chi connectivity index (χ0n) is 16.8. The molecule has 0 N–H and O–H groups in total. The maximum Gasteiger partial charge on any atom is 0.363 e. The third-order valence-corrected chi connectivity index (χ3v) is 5.33. The van der Waals surface area contributed by atoms with Gasteiger partial charge in [-0.25, -0.2) is 14.2 Å². The van der Waals surface area contributed by atoms with Crippen molar-refractivity contribution >= 4 is 41.1 Å². The van der Waals surface area contributed by atoms with Crippen LogP contribution in [0.15, 0.2) is 71.4 Å². The lowest BCUT2D eigenvalue weighted by Gasteiger charge is -2.13. The van der Waals surface area contributed by atoms with Gasteiger partial charge < -0.3 is 14.2 Å². The van der Waals surface area contributed by atoms with E-state index in [2.05, 4.69) is 4.99 Å². The number of carbonyl (C=O) groups is 1. The summed E-state index contributed by atoms with van der Waals surface area (Å²) in [5.74, 6) is -0.106. The number of methoxy groups -OCH3 is 1. The number of aliphatic imine (C=N–C) groups is 1. The van der Waals surface area contributed by atoms with Gasteiger partial charge in [0.15, 0.2) is 17.2 Å². The SMILES string of the molecule is COc1cc(/C=C2/N=C(c3cccc(F)c3)OC2=O)ccc1OCc1c(Cl)cccc1Cl. The molecule has 3 aromatic carbocycles. The van der Waals surface area contributed by atoms with Gasteiger partial charge in [-0.05, 0) is 54.1 Å². The van der Waals surface area contributed by atoms with E-state index in [0.29, 0.717) is 38.2 Å². The molecule has 162 valence electrons. The molecule has 0 aromatic heterocycles. The van der Waals surface area contributed by atoms with Crippen molar-refractivity contribution in [1.82, 2.24) is 0 Å². The first kappa shape index (κ1) is 21.9. The molecule has 1 aliphatic heterocycles. The highest BCUT2D eigenvalue weighted by molar-refractivity contribution is 6.35. The minimum atomic E-state index is -0.628. The Kier molecular flexibility index (Phi) is 6.44. The summed E-state index contributed by atoms with van der Waals surface area (Å²) in [4.78, 5) is 16.4. The fourth-order valence-electron chi connectivity index (χ4n) is 3.03. The Morgan fingerprint density at radius 2 is 1.78 bits per heavy atom. The molecule has 0 fully saturated rings. The Balaban J connectivity index is 1.56. The van der Waals surface area contributed by atoms with Crippen LogP contribution in [-0.4, -0.2) is 19.0 Å². The number of esters is 1. The summed E-state index contributed by atoms with van der Waals surface area (Å²) in [5, 5.41) is 1.01. The van der Waals surface area contributed by atoms with Crippen LogP contribution < -0.4 is 9.47 Å². The summed E-state index contributed by atoms with van der Waals surface area (Å²) in [6.45, 7) is 0.156. The van der Waals surface area contributed by atoms with Gasteiger partial charge in [0.1, 0.15) is 12.4 Å². The number of hydrogen-bond donors (Lipinski definition) is 0. The maximum atomic E-state index is 13.4. The van der Waals surface area contributed by atoms with Crippen LogP contribution in [0.3, 0.4) is 0 Å².